The van der Waals surface area contributed by atoms with Crippen molar-refractivity contribution in [2.24, 2.45) is 11.7 Å². The Labute approximate surface area is 146 Å². The van der Waals surface area contributed by atoms with E-state index in [0.717, 1.165) is 4.34 Å². The van der Waals surface area contributed by atoms with Crippen molar-refractivity contribution >= 4 is 39.7 Å². The van der Waals surface area contributed by atoms with Crippen LogP contribution in [-0.2, 0) is 5.75 Å². The average molecular weight is 372 g/mol. The van der Waals surface area contributed by atoms with E-state index in [0.29, 0.717) is 27.1 Å². The molecule has 1 unspecified atom stereocenters. The smallest absolute Gasteiger partial charge is 0.235 e. The maximum Gasteiger partial charge on any atom is 0.235 e. The van der Waals surface area contributed by atoms with Crippen LogP contribution < -0.4 is 5.73 Å². The number of aromatic nitrogens is 4. The van der Waals surface area contributed by atoms with Gasteiger partial charge in [0.25, 0.3) is 0 Å². The van der Waals surface area contributed by atoms with E-state index in [1.807, 2.05) is 13.8 Å². The Bertz CT molecular complexity index is 812. The lowest BCUT2D eigenvalue weighted by molar-refractivity contribution is 0.479. The second-order valence-corrected chi connectivity index (χ2v) is 7.96. The molecule has 2 heterocycles. The summed E-state index contributed by atoms with van der Waals surface area (Å²) in [5.41, 5.74) is 6.61. The molecule has 0 amide bonds. The molecule has 23 heavy (non-hydrogen) atoms. The van der Waals surface area contributed by atoms with Crippen LogP contribution in [0, 0.1) is 11.7 Å². The molecule has 1 atom stereocenters. The van der Waals surface area contributed by atoms with Crippen LogP contribution >= 0.6 is 34.7 Å². The first-order chi connectivity index (χ1) is 11.0. The fraction of sp³-hybridized carbons (Fsp3) is 0.357. The van der Waals surface area contributed by atoms with Crippen molar-refractivity contribution in [1.82, 2.24) is 19.8 Å². The van der Waals surface area contributed by atoms with Gasteiger partial charge in [0.1, 0.15) is 5.82 Å². The summed E-state index contributed by atoms with van der Waals surface area (Å²) in [6, 6.07) is 4.44. The summed E-state index contributed by atoms with van der Waals surface area (Å²) in [6.07, 6.45) is 0. The van der Waals surface area contributed by atoms with Crippen LogP contribution in [0.3, 0.4) is 0 Å². The van der Waals surface area contributed by atoms with Gasteiger partial charge in [0.15, 0.2) is 10.2 Å². The number of benzene rings is 1. The van der Waals surface area contributed by atoms with Gasteiger partial charge in [0, 0.05) is 16.3 Å². The summed E-state index contributed by atoms with van der Waals surface area (Å²) >= 11 is 8.85. The highest BCUT2D eigenvalue weighted by Crippen LogP contribution is 2.31. The van der Waals surface area contributed by atoms with Gasteiger partial charge in [-0.1, -0.05) is 54.6 Å². The van der Waals surface area contributed by atoms with Crippen molar-refractivity contribution in [2.45, 2.75) is 30.0 Å². The van der Waals surface area contributed by atoms with E-state index < -0.39 is 0 Å². The largest absolute Gasteiger partial charge is 0.321 e. The lowest BCUT2D eigenvalue weighted by atomic mass is 10.1. The number of hydrogen-bond donors (Lipinski definition) is 1. The molecule has 3 aromatic rings. The molecule has 0 bridgehead atoms. The zero-order valence-electron chi connectivity index (χ0n) is 12.5. The molecule has 0 saturated carbocycles. The Morgan fingerprint density at radius 3 is 2.87 bits per heavy atom. The Balaban J connectivity index is 1.82. The van der Waals surface area contributed by atoms with Gasteiger partial charge in [0.2, 0.25) is 4.96 Å². The quantitative estimate of drug-likeness (QED) is 0.688. The summed E-state index contributed by atoms with van der Waals surface area (Å²) in [5, 5.41) is 13.1. The number of halogens is 2. The van der Waals surface area contributed by atoms with Crippen molar-refractivity contribution in [2.75, 3.05) is 0 Å². The minimum Gasteiger partial charge on any atom is -0.321 e. The van der Waals surface area contributed by atoms with E-state index in [4.69, 9.17) is 17.3 Å². The third-order valence-electron chi connectivity index (χ3n) is 3.41. The van der Waals surface area contributed by atoms with Crippen LogP contribution in [-0.4, -0.2) is 19.8 Å². The van der Waals surface area contributed by atoms with Crippen LogP contribution in [0.1, 0.15) is 31.3 Å². The third-order valence-corrected chi connectivity index (χ3v) is 5.83. The molecule has 0 aliphatic rings. The van der Waals surface area contributed by atoms with E-state index >= 15 is 0 Å². The third kappa shape index (κ3) is 3.35. The minimum atomic E-state index is -0.310. The SMILES string of the molecule is CC(C)C(N)c1nnc2sc(SCc3c(F)cccc3Cl)nn12. The molecule has 9 heteroatoms. The summed E-state index contributed by atoms with van der Waals surface area (Å²) in [4.78, 5) is 0.679. The van der Waals surface area contributed by atoms with E-state index in [2.05, 4.69) is 15.3 Å². The second-order valence-electron chi connectivity index (χ2n) is 5.38. The summed E-state index contributed by atoms with van der Waals surface area (Å²) in [5.74, 6) is 0.969. The number of nitrogens with zero attached hydrogens (tertiary/aromatic N) is 4. The van der Waals surface area contributed by atoms with E-state index in [1.54, 1.807) is 16.6 Å². The first-order valence-electron chi connectivity index (χ1n) is 7.00. The number of hydrogen-bond acceptors (Lipinski definition) is 6. The highest BCUT2D eigenvalue weighted by Gasteiger charge is 2.20. The number of nitrogens with two attached hydrogens (primary N) is 1. The van der Waals surface area contributed by atoms with Crippen LogP contribution in [0.5, 0.6) is 0 Å². The fourth-order valence-electron chi connectivity index (χ4n) is 1.98. The maximum absolute atomic E-state index is 13.8. The van der Waals surface area contributed by atoms with Gasteiger partial charge in [-0.05, 0) is 18.1 Å². The van der Waals surface area contributed by atoms with Gasteiger partial charge >= 0.3 is 0 Å². The fourth-order valence-corrected chi connectivity index (χ4v) is 4.21. The maximum atomic E-state index is 13.8. The van der Waals surface area contributed by atoms with Gasteiger partial charge in [-0.2, -0.15) is 4.52 Å². The predicted molar refractivity (Wildman–Crippen MR) is 91.4 cm³/mol. The number of rotatable bonds is 5. The molecule has 0 aliphatic heterocycles. The standard InChI is InChI=1S/C14H15ClFN5S2/c1-7(2)11(17)12-18-19-13-21(12)20-14(23-13)22-6-8-9(15)4-3-5-10(8)16/h3-5,7,11H,6,17H2,1-2H3. The van der Waals surface area contributed by atoms with Crippen molar-refractivity contribution in [3.8, 4) is 0 Å². The van der Waals surface area contributed by atoms with E-state index in [9.17, 15) is 4.39 Å². The topological polar surface area (TPSA) is 69.1 Å². The van der Waals surface area contributed by atoms with Crippen molar-refractivity contribution in [3.63, 3.8) is 0 Å². The summed E-state index contributed by atoms with van der Waals surface area (Å²) in [7, 11) is 0. The second kappa shape index (κ2) is 6.72. The normalized spacial score (nSPS) is 13.1. The molecule has 0 spiro atoms. The molecule has 3 rings (SSSR count). The molecule has 2 aromatic heterocycles. The Hall–Kier alpha value is -1.22. The molecular formula is C14H15ClFN5S2. The van der Waals surface area contributed by atoms with Crippen molar-refractivity contribution in [1.29, 1.82) is 0 Å². The lowest BCUT2D eigenvalue weighted by Gasteiger charge is -2.11. The minimum absolute atomic E-state index is 0.231. The van der Waals surface area contributed by atoms with Gasteiger partial charge in [-0.25, -0.2) is 4.39 Å². The predicted octanol–water partition coefficient (Wildman–Crippen LogP) is 3.93. The number of fused-ring (bicyclic) bond motifs is 1. The highest BCUT2D eigenvalue weighted by molar-refractivity contribution is 8.00. The summed E-state index contributed by atoms with van der Waals surface area (Å²) < 4.78 is 16.2. The molecular weight excluding hydrogens is 357 g/mol. The molecule has 0 radical (unpaired) electrons. The molecule has 2 N–H and O–H groups in total. The molecule has 5 nitrogen and oxygen atoms in total. The van der Waals surface area contributed by atoms with E-state index in [-0.39, 0.29) is 17.8 Å². The zero-order valence-corrected chi connectivity index (χ0v) is 14.9. The highest BCUT2D eigenvalue weighted by atomic mass is 35.5. The first-order valence-corrected chi connectivity index (χ1v) is 9.18. The Morgan fingerprint density at radius 2 is 2.17 bits per heavy atom. The molecule has 122 valence electrons. The monoisotopic (exact) mass is 371 g/mol. The first kappa shape index (κ1) is 16.6. The molecule has 0 saturated heterocycles. The van der Waals surface area contributed by atoms with Crippen LogP contribution in [0.15, 0.2) is 22.5 Å². The Kier molecular flexibility index (Phi) is 4.86. The van der Waals surface area contributed by atoms with Gasteiger partial charge in [0.05, 0.1) is 6.04 Å². The molecule has 0 aliphatic carbocycles. The number of thioether (sulfide) groups is 1. The van der Waals surface area contributed by atoms with Crippen LogP contribution in [0.2, 0.25) is 5.02 Å². The van der Waals surface area contributed by atoms with Crippen molar-refractivity contribution < 1.29 is 4.39 Å². The van der Waals surface area contributed by atoms with E-state index in [1.165, 1.54) is 29.2 Å². The lowest BCUT2D eigenvalue weighted by Crippen LogP contribution is -2.20. The molecule has 1 aromatic carbocycles. The van der Waals surface area contributed by atoms with Gasteiger partial charge in [-0.3, -0.25) is 0 Å². The van der Waals surface area contributed by atoms with Crippen LogP contribution in [0.4, 0.5) is 4.39 Å². The van der Waals surface area contributed by atoms with Crippen LogP contribution in [0.25, 0.3) is 4.96 Å². The van der Waals surface area contributed by atoms with Crippen molar-refractivity contribution in [3.05, 3.63) is 40.4 Å². The van der Waals surface area contributed by atoms with Gasteiger partial charge in [-0.15, -0.1) is 15.3 Å². The average Bonchev–Trinajstić information content (AvgIpc) is 3.05. The molecule has 0 fully saturated rings. The Morgan fingerprint density at radius 1 is 1.39 bits per heavy atom. The van der Waals surface area contributed by atoms with Gasteiger partial charge < -0.3 is 5.73 Å². The summed E-state index contributed by atoms with van der Waals surface area (Å²) in [6.45, 7) is 4.04. The zero-order chi connectivity index (χ0) is 16.6.